The molecule has 1 aromatic heterocycles. The number of carbonyl (C=O) groups is 3. The predicted molar refractivity (Wildman–Crippen MR) is 111 cm³/mol. The second kappa shape index (κ2) is 9.84. The van der Waals surface area contributed by atoms with Crippen molar-refractivity contribution in [3.05, 3.63) is 63.1 Å². The fraction of sp³-hybridized carbons (Fsp3) is 0.100. The molecule has 2 aromatic carbocycles. The molecule has 0 atom stereocenters. The van der Waals surface area contributed by atoms with Crippen LogP contribution in [0.25, 0.3) is 11.1 Å². The minimum absolute atomic E-state index is 0.175. The number of hydroxylamine groups is 1. The minimum Gasteiger partial charge on any atom is -0.497 e. The van der Waals surface area contributed by atoms with E-state index in [1.54, 1.807) is 0 Å². The van der Waals surface area contributed by atoms with E-state index in [4.69, 9.17) is 14.0 Å². The van der Waals surface area contributed by atoms with Crippen molar-refractivity contribution in [2.75, 3.05) is 19.4 Å². The fourth-order valence-electron chi connectivity index (χ4n) is 2.71. The van der Waals surface area contributed by atoms with Crippen LogP contribution in [0.1, 0.15) is 38.2 Å². The van der Waals surface area contributed by atoms with Gasteiger partial charge in [-0.05, 0) is 17.7 Å². The first-order chi connectivity index (χ1) is 18.4. The largest absolute Gasteiger partial charge is 0.497 e. The number of hydrogen-bond acceptors (Lipinski definition) is 7. The molecule has 0 saturated heterocycles. The molecule has 0 fully saturated rings. The molecular weight excluding hydrogens is 484 g/mol. The quantitative estimate of drug-likeness (QED) is 0.257. The fourth-order valence-corrected chi connectivity index (χ4v) is 3.51. The smallest absolute Gasteiger partial charge is 0.287 e. The number of ether oxygens (including phenoxy) is 1. The molecule has 0 radical (unpaired) electrons. The van der Waals surface area contributed by atoms with Crippen LogP contribution in [-0.2, 0) is 4.84 Å². The van der Waals surface area contributed by atoms with Crippen LogP contribution in [0.5, 0.6) is 5.75 Å². The van der Waals surface area contributed by atoms with Crippen LogP contribution in [-0.4, -0.2) is 36.8 Å². The number of halogens is 4. The van der Waals surface area contributed by atoms with Crippen molar-refractivity contribution in [3.63, 3.8) is 0 Å². The van der Waals surface area contributed by atoms with Gasteiger partial charge in [0.1, 0.15) is 16.3 Å². The van der Waals surface area contributed by atoms with E-state index >= 15 is 0 Å². The number of hydrogen-bond donors (Lipinski definition) is 3. The third kappa shape index (κ3) is 4.53. The number of aromatic nitrogens is 1. The van der Waals surface area contributed by atoms with Gasteiger partial charge in [0.15, 0.2) is 34.0 Å². The second-order valence-electron chi connectivity index (χ2n) is 6.18. The number of nitrogens with one attached hydrogen (secondary N) is 2. The molecule has 9 nitrogen and oxygen atoms in total. The average Bonchev–Trinajstić information content (AvgIpc) is 3.29. The number of primary amides is 1. The number of thiazole rings is 1. The summed E-state index contributed by atoms with van der Waals surface area (Å²) < 4.78 is 106. The second-order valence-corrected chi connectivity index (χ2v) is 7.18. The molecule has 0 saturated carbocycles. The summed E-state index contributed by atoms with van der Waals surface area (Å²) in [5.74, 6) is -13.0. The van der Waals surface area contributed by atoms with Crippen molar-refractivity contribution in [2.24, 2.45) is 5.73 Å². The summed E-state index contributed by atoms with van der Waals surface area (Å²) in [6, 6.07) is 4.01. The maximum absolute atomic E-state index is 14.9. The highest BCUT2D eigenvalue weighted by Gasteiger charge is 2.31. The molecule has 0 aliphatic heterocycles. The third-order valence-electron chi connectivity index (χ3n) is 4.15. The summed E-state index contributed by atoms with van der Waals surface area (Å²) in [7, 11) is -6.07. The van der Waals surface area contributed by atoms with Crippen LogP contribution in [0.2, 0.25) is 0 Å². The lowest BCUT2D eigenvalue weighted by atomic mass is 10.0. The van der Waals surface area contributed by atoms with Gasteiger partial charge in [0.25, 0.3) is 17.7 Å². The molecule has 4 N–H and O–H groups in total. The normalized spacial score (nSPS) is 14.0. The van der Waals surface area contributed by atoms with Gasteiger partial charge in [-0.3, -0.25) is 19.2 Å². The van der Waals surface area contributed by atoms with E-state index in [9.17, 15) is 31.9 Å². The van der Waals surface area contributed by atoms with E-state index in [0.29, 0.717) is 0 Å². The summed E-state index contributed by atoms with van der Waals surface area (Å²) in [6.45, 7) is 0. The molecule has 0 bridgehead atoms. The van der Waals surface area contributed by atoms with Crippen LogP contribution in [0.3, 0.4) is 0 Å². The number of anilines is 1. The maximum Gasteiger partial charge on any atom is 0.287 e. The highest BCUT2D eigenvalue weighted by atomic mass is 32.1. The molecule has 3 aromatic rings. The standard InChI is InChI=1S/C20H14F4N4O5S/c1-32-8-5-3-4-7(6-8)9-10(21)12(23)14(13(24)11(9)22)26-18(30)15-16(19(31)28-33-2)34-20(27-15)17(25)29/h3-6H,1-2H3,(H2,25,29)(H,26,30)(H,28,31)/i1D3,2D3. The summed E-state index contributed by atoms with van der Waals surface area (Å²) in [5, 5.41) is 0.840. The molecule has 1 heterocycles. The van der Waals surface area contributed by atoms with Crippen molar-refractivity contribution in [3.8, 4) is 16.9 Å². The summed E-state index contributed by atoms with van der Waals surface area (Å²) >= 11 is 0.175. The molecule has 0 aliphatic rings. The predicted octanol–water partition coefficient (Wildman–Crippen LogP) is 3.02. The first kappa shape index (κ1) is 17.4. The van der Waals surface area contributed by atoms with Crippen LogP contribution < -0.4 is 21.3 Å². The lowest BCUT2D eigenvalue weighted by molar-refractivity contribution is 0.0539. The van der Waals surface area contributed by atoms with Gasteiger partial charge in [-0.2, -0.15) is 0 Å². The zero-order valence-electron chi connectivity index (χ0n) is 22.3. The van der Waals surface area contributed by atoms with Crippen LogP contribution in [0.15, 0.2) is 24.3 Å². The van der Waals surface area contributed by atoms with Crippen LogP contribution in [0.4, 0.5) is 23.2 Å². The zero-order chi connectivity index (χ0) is 30.2. The molecule has 0 unspecified atom stereocenters. The van der Waals surface area contributed by atoms with Gasteiger partial charge < -0.3 is 15.8 Å². The Morgan fingerprint density at radius 3 is 2.38 bits per heavy atom. The Kier molecular flexibility index (Phi) is 5.05. The number of rotatable bonds is 7. The SMILES string of the molecule is [2H]C([2H])([2H])ONC(=O)c1sc(C(N)=O)nc1C(=O)Nc1c(F)c(F)c(-c2cccc(OC([2H])([2H])[2H])c2)c(F)c1F. The number of amides is 3. The zero-order valence-corrected chi connectivity index (χ0v) is 17.1. The third-order valence-corrected chi connectivity index (χ3v) is 5.21. The van der Waals surface area contributed by atoms with E-state index in [2.05, 4.69) is 14.6 Å². The maximum atomic E-state index is 14.9. The van der Waals surface area contributed by atoms with Crippen LogP contribution >= 0.6 is 11.3 Å². The summed E-state index contributed by atoms with van der Waals surface area (Å²) in [6.07, 6.45) is 0. The highest BCUT2D eigenvalue weighted by Crippen LogP contribution is 2.36. The Balaban J connectivity index is 2.01. The Hall–Kier alpha value is -4.04. The highest BCUT2D eigenvalue weighted by molar-refractivity contribution is 7.15. The van der Waals surface area contributed by atoms with Gasteiger partial charge in [0.05, 0.1) is 27.9 Å². The minimum atomic E-state index is -3.13. The van der Waals surface area contributed by atoms with E-state index < -0.39 is 93.2 Å². The molecule has 0 aliphatic carbocycles. The van der Waals surface area contributed by atoms with Gasteiger partial charge in [-0.25, -0.2) is 28.0 Å². The number of nitrogens with zero attached hydrogens (tertiary/aromatic N) is 1. The average molecular weight is 504 g/mol. The topological polar surface area (TPSA) is 133 Å². The Morgan fingerprint density at radius 1 is 1.06 bits per heavy atom. The van der Waals surface area contributed by atoms with Crippen molar-refractivity contribution in [1.82, 2.24) is 10.5 Å². The van der Waals surface area contributed by atoms with Crippen LogP contribution in [0, 0.1) is 23.3 Å². The molecular formula is C20H14F4N4O5S. The monoisotopic (exact) mass is 504 g/mol. The Labute approximate surface area is 200 Å². The number of benzene rings is 2. The number of nitrogens with two attached hydrogens (primary N) is 1. The van der Waals surface area contributed by atoms with Gasteiger partial charge >= 0.3 is 0 Å². The molecule has 14 heteroatoms. The van der Waals surface area contributed by atoms with Gasteiger partial charge in [0, 0.05) is 0 Å². The van der Waals surface area contributed by atoms with Gasteiger partial charge in [0.2, 0.25) is 0 Å². The Morgan fingerprint density at radius 2 is 1.76 bits per heavy atom. The van der Waals surface area contributed by atoms with Gasteiger partial charge in [-0.15, -0.1) is 11.3 Å². The van der Waals surface area contributed by atoms with E-state index in [0.717, 1.165) is 24.3 Å². The summed E-state index contributed by atoms with van der Waals surface area (Å²) in [4.78, 5) is 43.3. The summed E-state index contributed by atoms with van der Waals surface area (Å²) in [5.41, 5.74) is 2.05. The molecule has 0 spiro atoms. The van der Waals surface area contributed by atoms with Crippen molar-refractivity contribution < 1.29 is 49.7 Å². The molecule has 178 valence electrons. The number of carbonyl (C=O) groups excluding carboxylic acids is 3. The Bertz CT molecular complexity index is 1490. The number of methoxy groups -OCH3 is 1. The molecule has 3 amide bonds. The molecule has 3 rings (SSSR count). The van der Waals surface area contributed by atoms with E-state index in [1.807, 2.05) is 0 Å². The van der Waals surface area contributed by atoms with Crippen molar-refractivity contribution in [2.45, 2.75) is 0 Å². The first-order valence-electron chi connectivity index (χ1n) is 11.7. The lowest BCUT2D eigenvalue weighted by Crippen LogP contribution is -2.25. The lowest BCUT2D eigenvalue weighted by Gasteiger charge is -2.13. The van der Waals surface area contributed by atoms with E-state index in [-0.39, 0.29) is 11.3 Å². The molecule has 34 heavy (non-hydrogen) atoms. The van der Waals surface area contributed by atoms with Crippen molar-refractivity contribution in [1.29, 1.82) is 0 Å². The van der Waals surface area contributed by atoms with Gasteiger partial charge in [-0.1, -0.05) is 12.1 Å². The van der Waals surface area contributed by atoms with Crippen molar-refractivity contribution >= 4 is 34.7 Å². The van der Waals surface area contributed by atoms with E-state index in [1.165, 1.54) is 10.8 Å². The first-order valence-corrected chi connectivity index (χ1v) is 9.47.